The molecule has 0 fully saturated rings. The van der Waals surface area contributed by atoms with Crippen molar-refractivity contribution in [3.8, 4) is 0 Å². The number of benzene rings is 1. The van der Waals surface area contributed by atoms with Gasteiger partial charge in [-0.3, -0.25) is 0 Å². The van der Waals surface area contributed by atoms with Gasteiger partial charge in [-0.15, -0.1) is 0 Å². The summed E-state index contributed by atoms with van der Waals surface area (Å²) in [6.45, 7) is 4.41. The minimum Gasteiger partial charge on any atom is -0.324 e. The molecule has 0 aliphatic heterocycles. The number of hydrogen-bond acceptors (Lipinski definition) is 1. The molecule has 1 aromatic carbocycles. The number of nitrogens with two attached hydrogens (primary N) is 1. The van der Waals surface area contributed by atoms with Crippen LogP contribution in [0.2, 0.25) is 0 Å². The van der Waals surface area contributed by atoms with Crippen molar-refractivity contribution in [2.24, 2.45) is 11.7 Å². The predicted molar refractivity (Wildman–Crippen MR) is 79.0 cm³/mol. The molecule has 2 unspecified atom stereocenters. The number of rotatable bonds is 7. The van der Waals surface area contributed by atoms with Crippen molar-refractivity contribution in [2.45, 2.75) is 52.0 Å². The van der Waals surface area contributed by atoms with Crippen LogP contribution in [-0.2, 0) is 0 Å². The monoisotopic (exact) mass is 315 g/mol. The Morgan fingerprint density at radius 2 is 2.06 bits per heavy atom. The van der Waals surface area contributed by atoms with Crippen molar-refractivity contribution in [1.82, 2.24) is 0 Å². The third-order valence-corrected chi connectivity index (χ3v) is 4.21. The Hall–Kier alpha value is -0.410. The van der Waals surface area contributed by atoms with Crippen molar-refractivity contribution in [2.75, 3.05) is 0 Å². The molecule has 0 amide bonds. The van der Waals surface area contributed by atoms with Crippen LogP contribution in [0.5, 0.6) is 0 Å². The van der Waals surface area contributed by atoms with E-state index in [1.807, 2.05) is 0 Å². The van der Waals surface area contributed by atoms with E-state index in [0.29, 0.717) is 5.92 Å². The fourth-order valence-corrected chi connectivity index (χ4v) is 2.81. The summed E-state index contributed by atoms with van der Waals surface area (Å²) in [5.41, 5.74) is 7.10. The first kappa shape index (κ1) is 15.6. The maximum absolute atomic E-state index is 13.3. The molecule has 2 N–H and O–H groups in total. The van der Waals surface area contributed by atoms with Gasteiger partial charge >= 0.3 is 0 Å². The Balaban J connectivity index is 2.67. The van der Waals surface area contributed by atoms with Crippen LogP contribution < -0.4 is 5.73 Å². The molecule has 1 nitrogen and oxygen atoms in total. The lowest BCUT2D eigenvalue weighted by Gasteiger charge is -2.20. The maximum Gasteiger partial charge on any atom is 0.123 e. The van der Waals surface area contributed by atoms with Crippen LogP contribution in [0.25, 0.3) is 0 Å². The summed E-state index contributed by atoms with van der Waals surface area (Å²) in [6, 6.07) is 4.64. The molecular formula is C15H23BrFN. The third kappa shape index (κ3) is 4.69. The van der Waals surface area contributed by atoms with Gasteiger partial charge in [0.25, 0.3) is 0 Å². The average Bonchev–Trinajstić information content (AvgIpc) is 2.37. The summed E-state index contributed by atoms with van der Waals surface area (Å²) in [6.07, 6.45) is 5.75. The summed E-state index contributed by atoms with van der Waals surface area (Å²) in [5, 5.41) is 0. The molecule has 0 spiro atoms. The zero-order valence-electron chi connectivity index (χ0n) is 11.3. The summed E-state index contributed by atoms with van der Waals surface area (Å²) in [7, 11) is 0. The molecule has 0 aromatic heterocycles. The second kappa shape index (κ2) is 7.90. The summed E-state index contributed by atoms with van der Waals surface area (Å²) in [5.74, 6) is 0.417. The van der Waals surface area contributed by atoms with Crippen molar-refractivity contribution in [3.63, 3.8) is 0 Å². The fraction of sp³-hybridized carbons (Fsp3) is 0.600. The predicted octanol–water partition coefficient (Wildman–Crippen LogP) is 5.19. The number of unbranched alkanes of at least 4 members (excludes halogenated alkanes) is 1. The number of halogens is 2. The van der Waals surface area contributed by atoms with E-state index < -0.39 is 0 Å². The van der Waals surface area contributed by atoms with Gasteiger partial charge < -0.3 is 5.73 Å². The molecule has 1 rings (SSSR count). The molecular weight excluding hydrogens is 293 g/mol. The van der Waals surface area contributed by atoms with Gasteiger partial charge in [0.2, 0.25) is 0 Å². The van der Waals surface area contributed by atoms with Gasteiger partial charge in [0.1, 0.15) is 5.82 Å². The Kier molecular flexibility index (Phi) is 6.87. The van der Waals surface area contributed by atoms with Crippen LogP contribution in [0, 0.1) is 11.7 Å². The van der Waals surface area contributed by atoms with Crippen molar-refractivity contribution >= 4 is 15.9 Å². The lowest BCUT2D eigenvalue weighted by molar-refractivity contribution is 0.387. The second-order valence-corrected chi connectivity index (χ2v) is 5.78. The van der Waals surface area contributed by atoms with E-state index in [1.54, 1.807) is 12.1 Å². The molecule has 1 aromatic rings. The van der Waals surface area contributed by atoms with Gasteiger partial charge in [-0.05, 0) is 36.1 Å². The third-order valence-electron chi connectivity index (χ3n) is 3.49. The van der Waals surface area contributed by atoms with E-state index in [0.717, 1.165) is 22.9 Å². The molecule has 3 heteroatoms. The van der Waals surface area contributed by atoms with E-state index >= 15 is 0 Å². The molecule has 0 aliphatic rings. The maximum atomic E-state index is 13.3. The first-order valence-corrected chi connectivity index (χ1v) is 7.58. The summed E-state index contributed by atoms with van der Waals surface area (Å²) < 4.78 is 14.2. The van der Waals surface area contributed by atoms with Gasteiger partial charge in [0.15, 0.2) is 0 Å². The molecule has 0 saturated carbocycles. The van der Waals surface area contributed by atoms with E-state index in [9.17, 15) is 4.39 Å². The molecule has 2 atom stereocenters. The van der Waals surface area contributed by atoms with E-state index in [1.165, 1.54) is 25.3 Å². The van der Waals surface area contributed by atoms with Crippen LogP contribution in [0.3, 0.4) is 0 Å². The lowest BCUT2D eigenvalue weighted by Crippen LogP contribution is -2.16. The summed E-state index contributed by atoms with van der Waals surface area (Å²) >= 11 is 3.45. The van der Waals surface area contributed by atoms with Crippen LogP contribution in [0.4, 0.5) is 4.39 Å². The minimum absolute atomic E-state index is 0.0862. The van der Waals surface area contributed by atoms with E-state index in [2.05, 4.69) is 29.8 Å². The molecule has 18 heavy (non-hydrogen) atoms. The zero-order valence-corrected chi connectivity index (χ0v) is 12.8. The smallest absolute Gasteiger partial charge is 0.123 e. The van der Waals surface area contributed by atoms with Gasteiger partial charge in [-0.2, -0.15) is 0 Å². The van der Waals surface area contributed by atoms with E-state index in [-0.39, 0.29) is 11.9 Å². The quantitative estimate of drug-likeness (QED) is 0.735. The number of hydrogen-bond donors (Lipinski definition) is 1. The van der Waals surface area contributed by atoms with Crippen molar-refractivity contribution in [1.29, 1.82) is 0 Å². The standard InChI is InChI=1S/C15H23BrFN/c1-3-5-6-11(4-2)9-15(18)13-10-12(17)7-8-14(13)16/h7-8,10-11,15H,3-6,9,18H2,1-2H3. The summed E-state index contributed by atoms with van der Waals surface area (Å²) in [4.78, 5) is 0. The lowest BCUT2D eigenvalue weighted by atomic mass is 9.89. The highest BCUT2D eigenvalue weighted by atomic mass is 79.9. The van der Waals surface area contributed by atoms with Gasteiger partial charge in [0.05, 0.1) is 0 Å². The average molecular weight is 316 g/mol. The van der Waals surface area contributed by atoms with Gasteiger partial charge in [-0.1, -0.05) is 55.5 Å². The van der Waals surface area contributed by atoms with Crippen LogP contribution in [-0.4, -0.2) is 0 Å². The van der Waals surface area contributed by atoms with Crippen molar-refractivity contribution in [3.05, 3.63) is 34.1 Å². The first-order valence-electron chi connectivity index (χ1n) is 6.79. The molecule has 0 bridgehead atoms. The Morgan fingerprint density at radius 1 is 1.33 bits per heavy atom. The molecule has 0 heterocycles. The highest BCUT2D eigenvalue weighted by Gasteiger charge is 2.16. The highest BCUT2D eigenvalue weighted by Crippen LogP contribution is 2.29. The topological polar surface area (TPSA) is 26.0 Å². The first-order chi connectivity index (χ1) is 8.58. The Bertz CT molecular complexity index is 368. The molecule has 0 radical (unpaired) electrons. The largest absolute Gasteiger partial charge is 0.324 e. The Morgan fingerprint density at radius 3 is 2.67 bits per heavy atom. The second-order valence-electron chi connectivity index (χ2n) is 4.92. The van der Waals surface area contributed by atoms with Gasteiger partial charge in [0, 0.05) is 10.5 Å². The van der Waals surface area contributed by atoms with Gasteiger partial charge in [-0.25, -0.2) is 4.39 Å². The zero-order chi connectivity index (χ0) is 13.5. The normalized spacial score (nSPS) is 14.5. The highest BCUT2D eigenvalue weighted by molar-refractivity contribution is 9.10. The van der Waals surface area contributed by atoms with Crippen LogP contribution >= 0.6 is 15.9 Å². The molecule has 102 valence electrons. The molecule has 0 aliphatic carbocycles. The Labute approximate surface area is 118 Å². The minimum atomic E-state index is -0.217. The SMILES string of the molecule is CCCCC(CC)CC(N)c1cc(F)ccc1Br. The van der Waals surface area contributed by atoms with Crippen LogP contribution in [0.15, 0.2) is 22.7 Å². The fourth-order valence-electron chi connectivity index (χ4n) is 2.27. The van der Waals surface area contributed by atoms with E-state index in [4.69, 9.17) is 5.73 Å². The molecule has 0 saturated heterocycles. The van der Waals surface area contributed by atoms with Crippen molar-refractivity contribution < 1.29 is 4.39 Å². The van der Waals surface area contributed by atoms with Crippen LogP contribution in [0.1, 0.15) is 57.6 Å².